The molecule has 56 valence electrons. The van der Waals surface area contributed by atoms with E-state index in [1.807, 2.05) is 38.3 Å². The summed E-state index contributed by atoms with van der Waals surface area (Å²) < 4.78 is 5.44. The largest absolute Gasteiger partial charge is 0.363 e. The number of nitrogens with one attached hydrogen (secondary N) is 1. The number of allylic oxidation sites excluding steroid dienone is 2. The molecule has 1 rings (SSSR count). The van der Waals surface area contributed by atoms with E-state index in [2.05, 4.69) is 5.32 Å². The summed E-state index contributed by atoms with van der Waals surface area (Å²) in [7, 11) is 0. The zero-order chi connectivity index (χ0) is 7.40. The Balaban J connectivity index is 2.30. The molecule has 0 fully saturated rings. The van der Waals surface area contributed by atoms with Crippen molar-refractivity contribution in [2.24, 2.45) is 0 Å². The molecule has 1 aliphatic rings. The average molecular weight is 139 g/mol. The van der Waals surface area contributed by atoms with Gasteiger partial charge in [-0.1, -0.05) is 6.08 Å². The Morgan fingerprint density at radius 3 is 2.70 bits per heavy atom. The zero-order valence-corrected chi connectivity index (χ0v) is 6.37. The molecule has 0 aromatic heterocycles. The molecule has 0 bridgehead atoms. The molecule has 1 unspecified atom stereocenters. The standard InChI is InChI=1S/C8H13NO/c1-7(2)10-8-5-3-4-6-9-8/h3-9H,1-2H3. The van der Waals surface area contributed by atoms with E-state index in [9.17, 15) is 0 Å². The first-order chi connectivity index (χ1) is 4.79. The molecule has 0 radical (unpaired) electrons. The number of ether oxygens (including phenoxy) is 1. The van der Waals surface area contributed by atoms with Crippen LogP contribution in [0.25, 0.3) is 0 Å². The van der Waals surface area contributed by atoms with Crippen molar-refractivity contribution >= 4 is 0 Å². The Morgan fingerprint density at radius 1 is 1.40 bits per heavy atom. The molecule has 0 saturated carbocycles. The summed E-state index contributed by atoms with van der Waals surface area (Å²) in [6, 6.07) is 0. The Morgan fingerprint density at radius 2 is 2.20 bits per heavy atom. The average Bonchev–Trinajstić information content (AvgIpc) is 1.88. The molecule has 1 atom stereocenters. The molecule has 0 amide bonds. The van der Waals surface area contributed by atoms with Gasteiger partial charge in [-0.3, -0.25) is 0 Å². The fourth-order valence-corrected chi connectivity index (χ4v) is 0.804. The van der Waals surface area contributed by atoms with E-state index in [0.29, 0.717) is 0 Å². The quantitative estimate of drug-likeness (QED) is 0.624. The fourth-order valence-electron chi connectivity index (χ4n) is 0.804. The minimum atomic E-state index is 0.0602. The number of rotatable bonds is 2. The van der Waals surface area contributed by atoms with Crippen LogP contribution in [0.15, 0.2) is 24.4 Å². The number of hydrogen-bond donors (Lipinski definition) is 1. The van der Waals surface area contributed by atoms with Gasteiger partial charge in [0, 0.05) is 0 Å². The lowest BCUT2D eigenvalue weighted by atomic mass is 10.3. The van der Waals surface area contributed by atoms with Gasteiger partial charge in [-0.05, 0) is 32.2 Å². The first kappa shape index (κ1) is 7.35. The van der Waals surface area contributed by atoms with Crippen LogP contribution in [0.4, 0.5) is 0 Å². The predicted molar refractivity (Wildman–Crippen MR) is 41.4 cm³/mol. The first-order valence-electron chi connectivity index (χ1n) is 3.54. The monoisotopic (exact) mass is 139 g/mol. The smallest absolute Gasteiger partial charge is 0.147 e. The maximum absolute atomic E-state index is 5.44. The third kappa shape index (κ3) is 2.23. The highest BCUT2D eigenvalue weighted by Crippen LogP contribution is 1.99. The van der Waals surface area contributed by atoms with Crippen molar-refractivity contribution in [2.45, 2.75) is 26.2 Å². The third-order valence-corrected chi connectivity index (χ3v) is 1.17. The Hall–Kier alpha value is -0.760. The van der Waals surface area contributed by atoms with E-state index >= 15 is 0 Å². The van der Waals surface area contributed by atoms with Gasteiger partial charge in [0.05, 0.1) is 6.10 Å². The second-order valence-corrected chi connectivity index (χ2v) is 2.52. The van der Waals surface area contributed by atoms with Crippen LogP contribution in [0.1, 0.15) is 13.8 Å². The van der Waals surface area contributed by atoms with Gasteiger partial charge in [0.15, 0.2) is 0 Å². The third-order valence-electron chi connectivity index (χ3n) is 1.17. The van der Waals surface area contributed by atoms with Crippen LogP contribution in [-0.4, -0.2) is 12.3 Å². The highest BCUT2D eigenvalue weighted by Gasteiger charge is 2.04. The minimum absolute atomic E-state index is 0.0602. The van der Waals surface area contributed by atoms with Gasteiger partial charge in [-0.15, -0.1) is 0 Å². The molecular formula is C8H13NO. The summed E-state index contributed by atoms with van der Waals surface area (Å²) in [5.74, 6) is 0. The van der Waals surface area contributed by atoms with Crippen LogP contribution in [0.2, 0.25) is 0 Å². The fraction of sp³-hybridized carbons (Fsp3) is 0.500. The summed E-state index contributed by atoms with van der Waals surface area (Å²) in [5.41, 5.74) is 0. The molecule has 0 aromatic rings. The molecule has 10 heavy (non-hydrogen) atoms. The van der Waals surface area contributed by atoms with Gasteiger partial charge >= 0.3 is 0 Å². The van der Waals surface area contributed by atoms with Crippen LogP contribution < -0.4 is 5.32 Å². The van der Waals surface area contributed by atoms with E-state index in [4.69, 9.17) is 4.74 Å². The summed E-state index contributed by atoms with van der Waals surface area (Å²) in [6.07, 6.45) is 8.12. The zero-order valence-electron chi connectivity index (χ0n) is 6.37. The van der Waals surface area contributed by atoms with Crippen LogP contribution >= 0.6 is 0 Å². The van der Waals surface area contributed by atoms with Crippen molar-refractivity contribution in [3.05, 3.63) is 24.4 Å². The van der Waals surface area contributed by atoms with Crippen molar-refractivity contribution in [3.8, 4) is 0 Å². The molecule has 2 heteroatoms. The molecule has 0 aromatic carbocycles. The van der Waals surface area contributed by atoms with Crippen LogP contribution in [-0.2, 0) is 4.74 Å². The molecule has 0 saturated heterocycles. The summed E-state index contributed by atoms with van der Waals surface area (Å²) in [5, 5.41) is 3.06. The second-order valence-electron chi connectivity index (χ2n) is 2.52. The topological polar surface area (TPSA) is 21.3 Å². The van der Waals surface area contributed by atoms with Gasteiger partial charge in [-0.25, -0.2) is 0 Å². The van der Waals surface area contributed by atoms with Crippen molar-refractivity contribution in [1.82, 2.24) is 5.32 Å². The Bertz CT molecular complexity index is 149. The Labute approximate surface area is 61.6 Å². The number of dihydropyridines is 1. The van der Waals surface area contributed by atoms with Crippen LogP contribution in [0.5, 0.6) is 0 Å². The van der Waals surface area contributed by atoms with Gasteiger partial charge in [0.25, 0.3) is 0 Å². The van der Waals surface area contributed by atoms with Gasteiger partial charge in [-0.2, -0.15) is 0 Å². The highest BCUT2D eigenvalue weighted by atomic mass is 16.5. The maximum Gasteiger partial charge on any atom is 0.147 e. The molecular weight excluding hydrogens is 126 g/mol. The first-order valence-corrected chi connectivity index (χ1v) is 3.54. The van der Waals surface area contributed by atoms with Gasteiger partial charge in [0.1, 0.15) is 6.23 Å². The SMILES string of the molecule is CC(C)OC1C=CC=CN1. The summed E-state index contributed by atoms with van der Waals surface area (Å²) >= 11 is 0. The van der Waals surface area contributed by atoms with Crippen LogP contribution in [0.3, 0.4) is 0 Å². The van der Waals surface area contributed by atoms with Crippen molar-refractivity contribution in [1.29, 1.82) is 0 Å². The Kier molecular flexibility index (Phi) is 2.51. The summed E-state index contributed by atoms with van der Waals surface area (Å²) in [6.45, 7) is 4.04. The van der Waals surface area contributed by atoms with Gasteiger partial charge in [0.2, 0.25) is 0 Å². The van der Waals surface area contributed by atoms with Crippen LogP contribution in [0, 0.1) is 0 Å². The molecule has 1 heterocycles. The minimum Gasteiger partial charge on any atom is -0.363 e. The van der Waals surface area contributed by atoms with Gasteiger partial charge < -0.3 is 10.1 Å². The molecule has 1 aliphatic heterocycles. The summed E-state index contributed by atoms with van der Waals surface area (Å²) in [4.78, 5) is 0. The maximum atomic E-state index is 5.44. The van der Waals surface area contributed by atoms with E-state index in [-0.39, 0.29) is 12.3 Å². The number of hydrogen-bond acceptors (Lipinski definition) is 2. The van der Waals surface area contributed by atoms with Crippen molar-refractivity contribution < 1.29 is 4.74 Å². The normalized spacial score (nSPS) is 23.3. The van der Waals surface area contributed by atoms with E-state index in [1.54, 1.807) is 0 Å². The second kappa shape index (κ2) is 3.42. The lowest BCUT2D eigenvalue weighted by molar-refractivity contribution is 0.0237. The lowest BCUT2D eigenvalue weighted by Crippen LogP contribution is -2.29. The molecule has 1 N–H and O–H groups in total. The van der Waals surface area contributed by atoms with Crippen molar-refractivity contribution in [2.75, 3.05) is 0 Å². The highest BCUT2D eigenvalue weighted by molar-refractivity contribution is 5.09. The van der Waals surface area contributed by atoms with Crippen molar-refractivity contribution in [3.63, 3.8) is 0 Å². The molecule has 2 nitrogen and oxygen atoms in total. The molecule has 0 aliphatic carbocycles. The van der Waals surface area contributed by atoms with E-state index < -0.39 is 0 Å². The van der Waals surface area contributed by atoms with E-state index in [1.165, 1.54) is 0 Å². The molecule has 0 spiro atoms. The van der Waals surface area contributed by atoms with E-state index in [0.717, 1.165) is 0 Å². The predicted octanol–water partition coefficient (Wildman–Crippen LogP) is 1.41. The lowest BCUT2D eigenvalue weighted by Gasteiger charge is -2.18.